The number of carboxylic acids is 1. The van der Waals surface area contributed by atoms with E-state index in [9.17, 15) is 14.7 Å². The first-order chi connectivity index (χ1) is 12.6. The molecular weight excluding hydrogens is 352 g/mol. The quantitative estimate of drug-likeness (QED) is 0.664. The van der Waals surface area contributed by atoms with Gasteiger partial charge in [-0.1, -0.05) is 18.2 Å². The monoisotopic (exact) mass is 378 g/mol. The molecule has 3 N–H and O–H groups in total. The van der Waals surface area contributed by atoms with Gasteiger partial charge in [-0.25, -0.2) is 4.79 Å². The minimum Gasteiger partial charge on any atom is -0.481 e. The maximum Gasteiger partial charge on any atom is 0.318 e. The molecular formula is C19H26N2O4S. The highest BCUT2D eigenvalue weighted by molar-refractivity contribution is 7.09. The van der Waals surface area contributed by atoms with Crippen LogP contribution < -0.4 is 5.32 Å². The van der Waals surface area contributed by atoms with Gasteiger partial charge in [-0.2, -0.15) is 0 Å². The normalized spacial score (nSPS) is 28.0. The number of hydrogen-bond donors (Lipinski definition) is 3. The lowest BCUT2D eigenvalue weighted by Gasteiger charge is -2.33. The number of urea groups is 1. The molecule has 0 aromatic carbocycles. The van der Waals surface area contributed by atoms with Gasteiger partial charge in [0.25, 0.3) is 0 Å². The number of nitrogens with one attached hydrogen (secondary N) is 1. The standard InChI is InChI=1S/C19H26N2O4S/c22-12-13-3-8-16(10-13)21(11-17-2-1-9-26-17)19(25)20-15-6-4-14(5-7-15)18(23)24/h1-3,8-9,13-16,22H,4-7,10-12H2,(H,20,25)(H,23,24)/t13-,14?,15?,16+/m0/s1. The van der Waals surface area contributed by atoms with Crippen LogP contribution in [-0.2, 0) is 11.3 Å². The van der Waals surface area contributed by atoms with Crippen molar-refractivity contribution in [2.45, 2.75) is 50.7 Å². The van der Waals surface area contributed by atoms with Crippen LogP contribution in [0.3, 0.4) is 0 Å². The lowest BCUT2D eigenvalue weighted by molar-refractivity contribution is -0.142. The molecule has 2 atom stereocenters. The Labute approximate surface area is 157 Å². The third-order valence-corrected chi connectivity index (χ3v) is 6.22. The van der Waals surface area contributed by atoms with E-state index >= 15 is 0 Å². The second kappa shape index (κ2) is 8.68. The average Bonchev–Trinajstić information content (AvgIpc) is 3.31. The summed E-state index contributed by atoms with van der Waals surface area (Å²) in [6.07, 6.45) is 7.36. The highest BCUT2D eigenvalue weighted by Crippen LogP contribution is 2.27. The topological polar surface area (TPSA) is 89.9 Å². The molecule has 6 nitrogen and oxygen atoms in total. The number of aliphatic carboxylic acids is 1. The average molecular weight is 378 g/mol. The predicted octanol–water partition coefficient (Wildman–Crippen LogP) is 2.84. The predicted molar refractivity (Wildman–Crippen MR) is 99.9 cm³/mol. The molecule has 2 amide bonds. The Hall–Kier alpha value is -1.86. The van der Waals surface area contributed by atoms with E-state index in [1.807, 2.05) is 34.6 Å². The fourth-order valence-corrected chi connectivity index (χ4v) is 4.47. The van der Waals surface area contributed by atoms with Crippen LogP contribution in [-0.4, -0.2) is 45.8 Å². The Morgan fingerprint density at radius 3 is 2.58 bits per heavy atom. The maximum atomic E-state index is 12.9. The van der Waals surface area contributed by atoms with E-state index in [0.717, 1.165) is 11.3 Å². The van der Waals surface area contributed by atoms with Gasteiger partial charge >= 0.3 is 12.0 Å². The number of thiophene rings is 1. The number of rotatable bonds is 6. The molecule has 1 saturated carbocycles. The first kappa shape index (κ1) is 18.9. The van der Waals surface area contributed by atoms with Gasteiger partial charge in [0.1, 0.15) is 0 Å². The van der Waals surface area contributed by atoms with E-state index in [-0.39, 0.29) is 36.6 Å². The summed E-state index contributed by atoms with van der Waals surface area (Å²) in [7, 11) is 0. The van der Waals surface area contributed by atoms with Crippen molar-refractivity contribution < 1.29 is 19.8 Å². The molecule has 1 aromatic rings. The molecule has 0 bridgehead atoms. The summed E-state index contributed by atoms with van der Waals surface area (Å²) >= 11 is 1.62. The third kappa shape index (κ3) is 4.65. The highest BCUT2D eigenvalue weighted by Gasteiger charge is 2.31. The number of aliphatic hydroxyl groups excluding tert-OH is 1. The van der Waals surface area contributed by atoms with Crippen LogP contribution in [0.2, 0.25) is 0 Å². The number of carbonyl (C=O) groups excluding carboxylic acids is 1. The molecule has 2 aliphatic carbocycles. The number of nitrogens with zero attached hydrogens (tertiary/aromatic N) is 1. The summed E-state index contributed by atoms with van der Waals surface area (Å²) in [5, 5.41) is 23.6. The first-order valence-corrected chi connectivity index (χ1v) is 10.1. The van der Waals surface area contributed by atoms with Gasteiger partial charge in [-0.3, -0.25) is 4.79 Å². The number of hydrogen-bond acceptors (Lipinski definition) is 4. The SMILES string of the molecule is O=C(O)C1CCC(NC(=O)N(Cc2cccs2)[C@@H]2C=C[C@H](CO)C2)CC1. The summed E-state index contributed by atoms with van der Waals surface area (Å²) in [5.74, 6) is -0.918. The van der Waals surface area contributed by atoms with Crippen LogP contribution >= 0.6 is 11.3 Å². The van der Waals surface area contributed by atoms with Gasteiger partial charge in [-0.15, -0.1) is 11.3 Å². The van der Waals surface area contributed by atoms with E-state index in [0.29, 0.717) is 32.2 Å². The van der Waals surface area contributed by atoms with Crippen molar-refractivity contribution in [3.63, 3.8) is 0 Å². The van der Waals surface area contributed by atoms with Crippen molar-refractivity contribution in [2.24, 2.45) is 11.8 Å². The fraction of sp³-hybridized carbons (Fsp3) is 0.579. The van der Waals surface area contributed by atoms with E-state index in [4.69, 9.17) is 5.11 Å². The maximum absolute atomic E-state index is 12.9. The largest absolute Gasteiger partial charge is 0.481 e. The number of aliphatic hydroxyl groups is 1. The zero-order valence-electron chi connectivity index (χ0n) is 14.7. The van der Waals surface area contributed by atoms with Crippen molar-refractivity contribution in [3.8, 4) is 0 Å². The molecule has 1 fully saturated rings. The first-order valence-electron chi connectivity index (χ1n) is 9.18. The van der Waals surface area contributed by atoms with E-state index < -0.39 is 5.97 Å². The van der Waals surface area contributed by atoms with E-state index in [2.05, 4.69) is 5.32 Å². The summed E-state index contributed by atoms with van der Waals surface area (Å²) in [6.45, 7) is 0.641. The van der Waals surface area contributed by atoms with Gasteiger partial charge in [-0.05, 0) is 43.6 Å². The second-order valence-corrected chi connectivity index (χ2v) is 8.21. The fourth-order valence-electron chi connectivity index (χ4n) is 3.77. The van der Waals surface area contributed by atoms with Crippen molar-refractivity contribution in [2.75, 3.05) is 6.61 Å². The van der Waals surface area contributed by atoms with Crippen LogP contribution in [0.25, 0.3) is 0 Å². The zero-order chi connectivity index (χ0) is 18.5. The molecule has 0 radical (unpaired) electrons. The molecule has 3 rings (SSSR count). The Kier molecular flexibility index (Phi) is 6.32. The van der Waals surface area contributed by atoms with Gasteiger partial charge in [0.15, 0.2) is 0 Å². The molecule has 142 valence electrons. The van der Waals surface area contributed by atoms with E-state index in [1.54, 1.807) is 11.3 Å². The molecule has 7 heteroatoms. The van der Waals surface area contributed by atoms with Crippen molar-refractivity contribution >= 4 is 23.3 Å². The van der Waals surface area contributed by atoms with Crippen molar-refractivity contribution in [1.29, 1.82) is 0 Å². The smallest absolute Gasteiger partial charge is 0.318 e. The Balaban J connectivity index is 1.61. The van der Waals surface area contributed by atoms with Crippen LogP contribution in [0.15, 0.2) is 29.7 Å². The van der Waals surface area contributed by atoms with Gasteiger partial charge < -0.3 is 20.4 Å². The Morgan fingerprint density at radius 1 is 1.23 bits per heavy atom. The van der Waals surface area contributed by atoms with Crippen LogP contribution in [0, 0.1) is 11.8 Å². The summed E-state index contributed by atoms with van der Waals surface area (Å²) < 4.78 is 0. The molecule has 0 spiro atoms. The van der Waals surface area contributed by atoms with Crippen molar-refractivity contribution in [3.05, 3.63) is 34.5 Å². The summed E-state index contributed by atoms with van der Waals surface area (Å²) in [5.41, 5.74) is 0. The zero-order valence-corrected chi connectivity index (χ0v) is 15.5. The molecule has 0 aliphatic heterocycles. The van der Waals surface area contributed by atoms with Crippen molar-refractivity contribution in [1.82, 2.24) is 10.2 Å². The van der Waals surface area contributed by atoms with Gasteiger partial charge in [0.2, 0.25) is 0 Å². The Bertz CT molecular complexity index is 638. The molecule has 2 aliphatic rings. The molecule has 0 saturated heterocycles. The van der Waals surface area contributed by atoms with Crippen LogP contribution in [0.4, 0.5) is 4.79 Å². The second-order valence-electron chi connectivity index (χ2n) is 7.17. The van der Waals surface area contributed by atoms with Gasteiger partial charge in [0, 0.05) is 23.4 Å². The van der Waals surface area contributed by atoms with E-state index in [1.165, 1.54) is 0 Å². The highest BCUT2D eigenvalue weighted by atomic mass is 32.1. The summed E-state index contributed by atoms with van der Waals surface area (Å²) in [6, 6.07) is 3.90. The molecule has 26 heavy (non-hydrogen) atoms. The summed E-state index contributed by atoms with van der Waals surface area (Å²) in [4.78, 5) is 27.0. The Morgan fingerprint density at radius 2 is 2.00 bits per heavy atom. The minimum absolute atomic E-state index is 0.0235. The van der Waals surface area contributed by atoms with Crippen LogP contribution in [0.5, 0.6) is 0 Å². The molecule has 1 heterocycles. The minimum atomic E-state index is -0.736. The molecule has 1 aromatic heterocycles. The lowest BCUT2D eigenvalue weighted by atomic mass is 9.86. The van der Waals surface area contributed by atoms with Gasteiger partial charge in [0.05, 0.1) is 18.5 Å². The number of carbonyl (C=O) groups is 2. The molecule has 0 unspecified atom stereocenters. The third-order valence-electron chi connectivity index (χ3n) is 5.36. The number of carboxylic acid groups (broad SMARTS) is 1. The van der Waals surface area contributed by atoms with Crippen LogP contribution in [0.1, 0.15) is 37.0 Å². The number of amides is 2. The lowest BCUT2D eigenvalue weighted by Crippen LogP contribution is -2.49.